The van der Waals surface area contributed by atoms with E-state index in [0.717, 1.165) is 28.1 Å². The third-order valence-corrected chi connectivity index (χ3v) is 3.74. The standard InChI is InChI=1S/C15H20BrN3/c1-10-5-6-11(7-13(10)16)14-17-8-12(19-14)9-18-15(2,3)4/h5-8,18H,9H2,1-4H3,(H,17,19). The smallest absolute Gasteiger partial charge is 0.137 e. The van der Waals surface area contributed by atoms with Gasteiger partial charge in [0.15, 0.2) is 0 Å². The van der Waals surface area contributed by atoms with Gasteiger partial charge in [0.1, 0.15) is 5.82 Å². The van der Waals surface area contributed by atoms with Crippen LogP contribution >= 0.6 is 15.9 Å². The fraction of sp³-hybridized carbons (Fsp3) is 0.400. The van der Waals surface area contributed by atoms with E-state index >= 15 is 0 Å². The van der Waals surface area contributed by atoms with Crippen LogP contribution in [0.5, 0.6) is 0 Å². The molecule has 2 N–H and O–H groups in total. The Balaban J connectivity index is 2.14. The van der Waals surface area contributed by atoms with E-state index in [1.807, 2.05) is 6.20 Å². The Morgan fingerprint density at radius 2 is 2.05 bits per heavy atom. The molecule has 1 heterocycles. The summed E-state index contributed by atoms with van der Waals surface area (Å²) in [6.07, 6.45) is 1.89. The Kier molecular flexibility index (Phi) is 4.11. The Bertz CT molecular complexity index is 567. The first-order valence-electron chi connectivity index (χ1n) is 6.40. The van der Waals surface area contributed by atoms with Crippen LogP contribution in [0.15, 0.2) is 28.9 Å². The largest absolute Gasteiger partial charge is 0.341 e. The normalized spacial score (nSPS) is 11.8. The molecule has 0 aliphatic heterocycles. The summed E-state index contributed by atoms with van der Waals surface area (Å²) in [4.78, 5) is 7.80. The molecule has 0 saturated heterocycles. The van der Waals surface area contributed by atoms with Crippen LogP contribution in [0, 0.1) is 6.92 Å². The van der Waals surface area contributed by atoms with Crippen molar-refractivity contribution >= 4 is 15.9 Å². The predicted molar refractivity (Wildman–Crippen MR) is 83.1 cm³/mol. The fourth-order valence-electron chi connectivity index (χ4n) is 1.70. The monoisotopic (exact) mass is 321 g/mol. The zero-order valence-electron chi connectivity index (χ0n) is 11.8. The van der Waals surface area contributed by atoms with Crippen molar-refractivity contribution in [3.63, 3.8) is 0 Å². The van der Waals surface area contributed by atoms with Gasteiger partial charge in [-0.15, -0.1) is 0 Å². The molecule has 2 rings (SSSR count). The first kappa shape index (κ1) is 14.3. The van der Waals surface area contributed by atoms with Crippen LogP contribution in [0.25, 0.3) is 11.4 Å². The molecular weight excluding hydrogens is 302 g/mol. The maximum absolute atomic E-state index is 4.44. The van der Waals surface area contributed by atoms with Crippen LogP contribution in [0.1, 0.15) is 32.0 Å². The molecule has 1 aromatic carbocycles. The molecule has 0 atom stereocenters. The van der Waals surface area contributed by atoms with E-state index < -0.39 is 0 Å². The van der Waals surface area contributed by atoms with Crippen LogP contribution in [0.2, 0.25) is 0 Å². The maximum Gasteiger partial charge on any atom is 0.137 e. The fourth-order valence-corrected chi connectivity index (χ4v) is 2.07. The van der Waals surface area contributed by atoms with Gasteiger partial charge in [0.05, 0.1) is 0 Å². The van der Waals surface area contributed by atoms with Crippen molar-refractivity contribution in [2.75, 3.05) is 0 Å². The number of aryl methyl sites for hydroxylation is 1. The van der Waals surface area contributed by atoms with Crippen LogP contribution < -0.4 is 5.32 Å². The van der Waals surface area contributed by atoms with Crippen molar-refractivity contribution in [2.45, 2.75) is 39.8 Å². The molecule has 0 saturated carbocycles. The minimum atomic E-state index is 0.109. The van der Waals surface area contributed by atoms with E-state index in [2.05, 4.69) is 77.1 Å². The molecule has 0 spiro atoms. The van der Waals surface area contributed by atoms with Crippen LogP contribution in [0.4, 0.5) is 0 Å². The summed E-state index contributed by atoms with van der Waals surface area (Å²) < 4.78 is 1.11. The van der Waals surface area contributed by atoms with E-state index in [9.17, 15) is 0 Å². The number of imidazole rings is 1. The number of nitrogens with one attached hydrogen (secondary N) is 2. The summed E-state index contributed by atoms with van der Waals surface area (Å²) in [5.41, 5.74) is 3.53. The van der Waals surface area contributed by atoms with Gasteiger partial charge >= 0.3 is 0 Å². The molecule has 0 fully saturated rings. The van der Waals surface area contributed by atoms with E-state index in [-0.39, 0.29) is 5.54 Å². The number of nitrogens with zero attached hydrogens (tertiary/aromatic N) is 1. The molecule has 19 heavy (non-hydrogen) atoms. The number of hydrogen-bond acceptors (Lipinski definition) is 2. The second-order valence-corrected chi connectivity index (χ2v) is 6.68. The number of halogens is 1. The number of rotatable bonds is 3. The maximum atomic E-state index is 4.44. The van der Waals surface area contributed by atoms with Gasteiger partial charge in [-0.3, -0.25) is 0 Å². The molecule has 0 aliphatic carbocycles. The third-order valence-electron chi connectivity index (χ3n) is 2.88. The summed E-state index contributed by atoms with van der Waals surface area (Å²) in [5.74, 6) is 0.909. The van der Waals surface area contributed by atoms with Gasteiger partial charge in [-0.25, -0.2) is 4.98 Å². The molecular formula is C15H20BrN3. The third kappa shape index (κ3) is 3.91. The lowest BCUT2D eigenvalue weighted by atomic mass is 10.1. The first-order chi connectivity index (χ1) is 8.85. The molecule has 2 aromatic rings. The SMILES string of the molecule is Cc1ccc(-c2ncc(CNC(C)(C)C)[nH]2)cc1Br. The second-order valence-electron chi connectivity index (χ2n) is 5.82. The quantitative estimate of drug-likeness (QED) is 0.895. The average molecular weight is 322 g/mol. The van der Waals surface area contributed by atoms with E-state index in [4.69, 9.17) is 0 Å². The first-order valence-corrected chi connectivity index (χ1v) is 7.20. The summed E-state index contributed by atoms with van der Waals surface area (Å²) in [6.45, 7) is 9.34. The Morgan fingerprint density at radius 1 is 1.32 bits per heavy atom. The predicted octanol–water partition coefficient (Wildman–Crippen LogP) is 4.04. The number of hydrogen-bond donors (Lipinski definition) is 2. The minimum Gasteiger partial charge on any atom is -0.341 e. The lowest BCUT2D eigenvalue weighted by molar-refractivity contribution is 0.422. The Hall–Kier alpha value is -1.13. The minimum absolute atomic E-state index is 0.109. The van der Waals surface area contributed by atoms with Gasteiger partial charge in [0.2, 0.25) is 0 Å². The van der Waals surface area contributed by atoms with Crippen LogP contribution in [0.3, 0.4) is 0 Å². The molecule has 0 aliphatic rings. The molecule has 0 bridgehead atoms. The van der Waals surface area contributed by atoms with Crippen LogP contribution in [-0.2, 0) is 6.54 Å². The summed E-state index contributed by atoms with van der Waals surface area (Å²) in [7, 11) is 0. The van der Waals surface area contributed by atoms with Crippen molar-refractivity contribution in [1.82, 2.24) is 15.3 Å². The molecule has 3 nitrogen and oxygen atoms in total. The number of benzene rings is 1. The van der Waals surface area contributed by atoms with Gasteiger partial charge in [-0.05, 0) is 39.3 Å². The Labute approximate surface area is 123 Å². The number of aromatic amines is 1. The zero-order valence-corrected chi connectivity index (χ0v) is 13.4. The van der Waals surface area contributed by atoms with Crippen molar-refractivity contribution in [3.05, 3.63) is 40.1 Å². The molecule has 0 amide bonds. The highest BCUT2D eigenvalue weighted by molar-refractivity contribution is 9.10. The van der Waals surface area contributed by atoms with Crippen LogP contribution in [-0.4, -0.2) is 15.5 Å². The summed E-state index contributed by atoms with van der Waals surface area (Å²) in [6, 6.07) is 6.27. The van der Waals surface area contributed by atoms with E-state index in [1.165, 1.54) is 5.56 Å². The average Bonchev–Trinajstić information content (AvgIpc) is 2.78. The van der Waals surface area contributed by atoms with Crippen molar-refractivity contribution in [2.24, 2.45) is 0 Å². The highest BCUT2D eigenvalue weighted by Crippen LogP contribution is 2.23. The van der Waals surface area contributed by atoms with Gasteiger partial charge in [0, 0.05) is 34.0 Å². The van der Waals surface area contributed by atoms with E-state index in [0.29, 0.717) is 0 Å². The lowest BCUT2D eigenvalue weighted by Crippen LogP contribution is -2.35. The highest BCUT2D eigenvalue weighted by atomic mass is 79.9. The topological polar surface area (TPSA) is 40.7 Å². The zero-order chi connectivity index (χ0) is 14.0. The van der Waals surface area contributed by atoms with Crippen molar-refractivity contribution < 1.29 is 0 Å². The molecule has 4 heteroatoms. The molecule has 1 aromatic heterocycles. The van der Waals surface area contributed by atoms with Gasteiger partial charge in [-0.2, -0.15) is 0 Å². The molecule has 0 radical (unpaired) electrons. The van der Waals surface area contributed by atoms with Gasteiger partial charge < -0.3 is 10.3 Å². The molecule has 0 unspecified atom stereocenters. The Morgan fingerprint density at radius 3 is 2.68 bits per heavy atom. The van der Waals surface area contributed by atoms with Crippen molar-refractivity contribution in [1.29, 1.82) is 0 Å². The highest BCUT2D eigenvalue weighted by Gasteiger charge is 2.10. The summed E-state index contributed by atoms with van der Waals surface area (Å²) >= 11 is 3.55. The lowest BCUT2D eigenvalue weighted by Gasteiger charge is -2.19. The second kappa shape index (κ2) is 5.47. The number of aromatic nitrogens is 2. The summed E-state index contributed by atoms with van der Waals surface area (Å²) in [5, 5.41) is 3.44. The van der Waals surface area contributed by atoms with E-state index in [1.54, 1.807) is 0 Å². The van der Waals surface area contributed by atoms with Crippen molar-refractivity contribution in [3.8, 4) is 11.4 Å². The van der Waals surface area contributed by atoms with Gasteiger partial charge in [-0.1, -0.05) is 28.1 Å². The molecule has 102 valence electrons. The van der Waals surface area contributed by atoms with Gasteiger partial charge in [0.25, 0.3) is 0 Å². The number of H-pyrrole nitrogens is 1.